The van der Waals surface area contributed by atoms with Crippen molar-refractivity contribution in [2.75, 3.05) is 5.32 Å². The first kappa shape index (κ1) is 12.3. The van der Waals surface area contributed by atoms with Crippen LogP contribution in [0, 0.1) is 0 Å². The fourth-order valence-electron chi connectivity index (χ4n) is 0.900. The maximum atomic E-state index is 10.8. The Morgan fingerprint density at radius 1 is 1.27 bits per heavy atom. The second kappa shape index (κ2) is 4.36. The lowest BCUT2D eigenvalue weighted by Crippen LogP contribution is -2.01. The Kier molecular flexibility index (Phi) is 3.56. The second-order valence-corrected chi connectivity index (χ2v) is 4.70. The SMILES string of the molecule is O=CNc1cc(Cl)c(S(=O)(=O)O)cc1Cl. The van der Waals surface area contributed by atoms with Crippen molar-refractivity contribution in [1.29, 1.82) is 0 Å². The zero-order chi connectivity index (χ0) is 11.6. The second-order valence-electron chi connectivity index (χ2n) is 2.50. The first-order chi connectivity index (χ1) is 6.86. The minimum absolute atomic E-state index is 0.0425. The minimum Gasteiger partial charge on any atom is -0.327 e. The quantitative estimate of drug-likeness (QED) is 0.648. The Morgan fingerprint density at radius 3 is 2.33 bits per heavy atom. The van der Waals surface area contributed by atoms with Crippen LogP contribution >= 0.6 is 23.2 Å². The van der Waals surface area contributed by atoms with Crippen LogP contribution in [0.5, 0.6) is 0 Å². The molecule has 15 heavy (non-hydrogen) atoms. The van der Waals surface area contributed by atoms with Gasteiger partial charge in [-0.15, -0.1) is 0 Å². The zero-order valence-electron chi connectivity index (χ0n) is 7.07. The van der Waals surface area contributed by atoms with Crippen molar-refractivity contribution in [3.63, 3.8) is 0 Å². The molecule has 8 heteroatoms. The summed E-state index contributed by atoms with van der Waals surface area (Å²) in [6, 6.07) is 2.08. The number of rotatable bonds is 3. The van der Waals surface area contributed by atoms with Crippen LogP contribution < -0.4 is 5.32 Å². The van der Waals surface area contributed by atoms with Gasteiger partial charge in [0, 0.05) is 0 Å². The number of halogens is 2. The van der Waals surface area contributed by atoms with Gasteiger partial charge in [-0.25, -0.2) is 0 Å². The van der Waals surface area contributed by atoms with E-state index in [9.17, 15) is 13.2 Å². The molecule has 0 saturated heterocycles. The monoisotopic (exact) mass is 269 g/mol. The van der Waals surface area contributed by atoms with E-state index in [1.54, 1.807) is 0 Å². The molecule has 0 aliphatic rings. The van der Waals surface area contributed by atoms with E-state index in [0.717, 1.165) is 12.1 Å². The molecule has 0 bridgehead atoms. The van der Waals surface area contributed by atoms with Gasteiger partial charge in [-0.3, -0.25) is 9.35 Å². The van der Waals surface area contributed by atoms with Crippen LogP contribution in [0.2, 0.25) is 10.0 Å². The van der Waals surface area contributed by atoms with Gasteiger partial charge in [0.05, 0.1) is 15.7 Å². The number of carbonyl (C=O) groups is 1. The molecule has 0 spiro atoms. The fraction of sp³-hybridized carbons (Fsp3) is 0. The lowest BCUT2D eigenvalue weighted by atomic mass is 10.3. The molecular weight excluding hydrogens is 265 g/mol. The molecule has 5 nitrogen and oxygen atoms in total. The summed E-state index contributed by atoms with van der Waals surface area (Å²) in [7, 11) is -4.42. The number of carbonyl (C=O) groups excluding carboxylic acids is 1. The molecule has 0 heterocycles. The van der Waals surface area contributed by atoms with Gasteiger partial charge in [-0.2, -0.15) is 8.42 Å². The number of hydrogen-bond donors (Lipinski definition) is 2. The van der Waals surface area contributed by atoms with Crippen LogP contribution in [0.25, 0.3) is 0 Å². The number of anilines is 1. The van der Waals surface area contributed by atoms with Crippen molar-refractivity contribution in [2.24, 2.45) is 0 Å². The smallest absolute Gasteiger partial charge is 0.296 e. The lowest BCUT2D eigenvalue weighted by Gasteiger charge is -2.06. The average molecular weight is 270 g/mol. The summed E-state index contributed by atoms with van der Waals surface area (Å²) in [5.74, 6) is 0. The van der Waals surface area contributed by atoms with E-state index >= 15 is 0 Å². The Bertz CT molecular complexity index is 500. The van der Waals surface area contributed by atoms with E-state index in [2.05, 4.69) is 5.32 Å². The minimum atomic E-state index is -4.42. The summed E-state index contributed by atoms with van der Waals surface area (Å²) in [6.45, 7) is 0. The third-order valence-electron chi connectivity index (χ3n) is 1.51. The molecule has 0 aliphatic heterocycles. The van der Waals surface area contributed by atoms with Crippen LogP contribution in [0.3, 0.4) is 0 Å². The van der Waals surface area contributed by atoms with Crippen LogP contribution in [0.15, 0.2) is 17.0 Å². The van der Waals surface area contributed by atoms with Gasteiger partial charge in [0.15, 0.2) is 0 Å². The summed E-state index contributed by atoms with van der Waals surface area (Å²) in [6.07, 6.45) is 0.366. The Labute approximate surface area is 95.7 Å². The van der Waals surface area contributed by atoms with Crippen LogP contribution in [0.4, 0.5) is 5.69 Å². The maximum absolute atomic E-state index is 10.8. The standard InChI is InChI=1S/C7H5Cl2NO4S/c8-4-2-7(15(12,13)14)5(9)1-6(4)10-3-11/h1-3H,(H,10,11)(H,12,13,14). The lowest BCUT2D eigenvalue weighted by molar-refractivity contribution is -0.105. The number of benzene rings is 1. The summed E-state index contributed by atoms with van der Waals surface area (Å²) < 4.78 is 30.3. The molecule has 0 aromatic heterocycles. The summed E-state index contributed by atoms with van der Waals surface area (Å²) >= 11 is 11.2. The molecule has 0 aliphatic carbocycles. The summed E-state index contributed by atoms with van der Waals surface area (Å²) in [4.78, 5) is 9.63. The van der Waals surface area contributed by atoms with Gasteiger partial charge >= 0.3 is 0 Å². The van der Waals surface area contributed by atoms with Gasteiger partial charge in [0.2, 0.25) is 6.41 Å². The van der Waals surface area contributed by atoms with E-state index in [-0.39, 0.29) is 15.7 Å². The first-order valence-electron chi connectivity index (χ1n) is 3.53. The molecular formula is C7H5Cl2NO4S. The third-order valence-corrected chi connectivity index (χ3v) is 3.14. The molecule has 0 unspecified atom stereocenters. The van der Waals surface area contributed by atoms with Crippen molar-refractivity contribution in [3.05, 3.63) is 22.2 Å². The topological polar surface area (TPSA) is 83.5 Å². The first-order valence-corrected chi connectivity index (χ1v) is 5.72. The van der Waals surface area contributed by atoms with Crippen LogP contribution in [-0.4, -0.2) is 19.4 Å². The van der Waals surface area contributed by atoms with E-state index in [1.807, 2.05) is 0 Å². The third kappa shape index (κ3) is 2.82. The Morgan fingerprint density at radius 2 is 1.87 bits per heavy atom. The molecule has 1 rings (SSSR count). The van der Waals surface area contributed by atoms with Crippen molar-refractivity contribution < 1.29 is 17.8 Å². The highest BCUT2D eigenvalue weighted by atomic mass is 35.5. The number of hydrogen-bond acceptors (Lipinski definition) is 3. The molecule has 0 fully saturated rings. The largest absolute Gasteiger partial charge is 0.327 e. The highest BCUT2D eigenvalue weighted by molar-refractivity contribution is 7.86. The number of nitrogens with one attached hydrogen (secondary N) is 1. The maximum Gasteiger partial charge on any atom is 0.296 e. The molecule has 82 valence electrons. The van der Waals surface area contributed by atoms with E-state index in [1.165, 1.54) is 0 Å². The summed E-state index contributed by atoms with van der Waals surface area (Å²) in [5, 5.41) is 1.95. The molecule has 1 aromatic rings. The van der Waals surface area contributed by atoms with Crippen molar-refractivity contribution in [2.45, 2.75) is 4.90 Å². The Hall–Kier alpha value is -0.820. The van der Waals surface area contributed by atoms with Crippen LogP contribution in [-0.2, 0) is 14.9 Å². The van der Waals surface area contributed by atoms with Gasteiger partial charge in [-0.1, -0.05) is 23.2 Å². The van der Waals surface area contributed by atoms with Crippen molar-refractivity contribution in [1.82, 2.24) is 0 Å². The van der Waals surface area contributed by atoms with Gasteiger partial charge in [0.25, 0.3) is 10.1 Å². The highest BCUT2D eigenvalue weighted by Crippen LogP contribution is 2.31. The normalized spacial score (nSPS) is 11.1. The van der Waals surface area contributed by atoms with Gasteiger partial charge in [-0.05, 0) is 12.1 Å². The van der Waals surface area contributed by atoms with E-state index in [0.29, 0.717) is 6.41 Å². The predicted octanol–water partition coefficient (Wildman–Crippen LogP) is 1.81. The Balaban J connectivity index is 3.38. The predicted molar refractivity (Wildman–Crippen MR) is 56.0 cm³/mol. The van der Waals surface area contributed by atoms with E-state index in [4.69, 9.17) is 27.8 Å². The van der Waals surface area contributed by atoms with Gasteiger partial charge in [0.1, 0.15) is 4.90 Å². The molecule has 0 saturated carbocycles. The molecule has 0 atom stereocenters. The van der Waals surface area contributed by atoms with Crippen molar-refractivity contribution >= 4 is 45.4 Å². The average Bonchev–Trinajstić information content (AvgIpc) is 2.09. The van der Waals surface area contributed by atoms with E-state index < -0.39 is 15.0 Å². The van der Waals surface area contributed by atoms with Crippen LogP contribution in [0.1, 0.15) is 0 Å². The molecule has 1 aromatic carbocycles. The summed E-state index contributed by atoms with van der Waals surface area (Å²) in [5.41, 5.74) is 0.157. The molecule has 2 N–H and O–H groups in total. The highest BCUT2D eigenvalue weighted by Gasteiger charge is 2.17. The number of amides is 1. The van der Waals surface area contributed by atoms with Gasteiger partial charge < -0.3 is 5.32 Å². The zero-order valence-corrected chi connectivity index (χ0v) is 9.40. The fourth-order valence-corrected chi connectivity index (χ4v) is 2.21. The molecule has 0 radical (unpaired) electrons. The van der Waals surface area contributed by atoms with Crippen molar-refractivity contribution in [3.8, 4) is 0 Å². The molecule has 1 amide bonds.